The highest BCUT2D eigenvalue weighted by atomic mass is 32.1. The molecule has 240 valence electrons. The molecule has 0 saturated carbocycles. The minimum atomic E-state index is 0.882. The van der Waals surface area contributed by atoms with Gasteiger partial charge in [-0.15, -0.1) is 11.3 Å². The van der Waals surface area contributed by atoms with Crippen LogP contribution in [0.4, 0.5) is 27.8 Å². The average molecular weight is 673 g/mol. The lowest BCUT2D eigenvalue weighted by Crippen LogP contribution is -2.23. The van der Waals surface area contributed by atoms with Gasteiger partial charge in [0.05, 0.1) is 33.8 Å². The van der Waals surface area contributed by atoms with Crippen LogP contribution in [-0.2, 0) is 0 Å². The summed E-state index contributed by atoms with van der Waals surface area (Å²) in [6, 6.07) is 38.7. The quantitative estimate of drug-likeness (QED) is 0.175. The molecule has 4 heterocycles. The first-order valence-electron chi connectivity index (χ1n) is 17.2. The van der Waals surface area contributed by atoms with E-state index >= 15 is 0 Å². The summed E-state index contributed by atoms with van der Waals surface area (Å²) in [7, 11) is 0. The molecule has 3 aliphatic rings. The van der Waals surface area contributed by atoms with Crippen LogP contribution >= 0.6 is 11.3 Å². The zero-order chi connectivity index (χ0) is 33.5. The Morgan fingerprint density at radius 1 is 0.529 bits per heavy atom. The molecule has 11 rings (SSSR count). The second kappa shape index (κ2) is 11.0. The van der Waals surface area contributed by atoms with Gasteiger partial charge in [0.15, 0.2) is 0 Å². The van der Waals surface area contributed by atoms with Gasteiger partial charge in [-0.05, 0) is 82.4 Å². The molecule has 0 atom stereocenters. The first-order chi connectivity index (χ1) is 25.3. The summed E-state index contributed by atoms with van der Waals surface area (Å²) in [5, 5.41) is 8.25. The van der Waals surface area contributed by atoms with Gasteiger partial charge in [0.1, 0.15) is 17.7 Å². The first kappa shape index (κ1) is 28.4. The maximum Gasteiger partial charge on any atom is 0.101 e. The number of aromatic nitrogens is 2. The van der Waals surface area contributed by atoms with Crippen molar-refractivity contribution in [1.82, 2.24) is 9.97 Å². The van der Waals surface area contributed by atoms with E-state index in [-0.39, 0.29) is 0 Å². The predicted octanol–water partition coefficient (Wildman–Crippen LogP) is 11.9. The smallest absolute Gasteiger partial charge is 0.101 e. The van der Waals surface area contributed by atoms with E-state index in [2.05, 4.69) is 131 Å². The number of allylic oxidation sites excluding steroid dienone is 4. The van der Waals surface area contributed by atoms with Crippen LogP contribution < -0.4 is 9.80 Å². The lowest BCUT2D eigenvalue weighted by molar-refractivity contribution is 0.947. The van der Waals surface area contributed by atoms with Crippen molar-refractivity contribution in [2.45, 2.75) is 12.8 Å². The summed E-state index contributed by atoms with van der Waals surface area (Å²) in [5.41, 5.74) is 11.0. The van der Waals surface area contributed by atoms with Crippen molar-refractivity contribution < 1.29 is 0 Å². The molecule has 6 nitrogen and oxygen atoms in total. The summed E-state index contributed by atoms with van der Waals surface area (Å²) in [6.45, 7) is 0. The van der Waals surface area contributed by atoms with Crippen molar-refractivity contribution >= 4 is 101 Å². The number of rotatable bonds is 4. The number of hydrogen-bond acceptors (Lipinski definition) is 7. The van der Waals surface area contributed by atoms with Crippen molar-refractivity contribution in [2.75, 3.05) is 9.80 Å². The Bertz CT molecular complexity index is 2830. The molecule has 0 radical (unpaired) electrons. The highest BCUT2D eigenvalue weighted by Gasteiger charge is 2.25. The van der Waals surface area contributed by atoms with Crippen molar-refractivity contribution in [2.24, 2.45) is 9.98 Å². The summed E-state index contributed by atoms with van der Waals surface area (Å²) in [5.74, 6) is 0. The molecule has 6 aromatic carbocycles. The molecule has 2 aliphatic heterocycles. The van der Waals surface area contributed by atoms with Gasteiger partial charge in [0, 0.05) is 44.9 Å². The average Bonchev–Trinajstić information content (AvgIpc) is 3.67. The number of thiophene rings is 1. The number of hydrogen-bond donors (Lipinski definition) is 0. The third-order valence-corrected chi connectivity index (χ3v) is 11.4. The van der Waals surface area contributed by atoms with Crippen LogP contribution in [0, 0.1) is 0 Å². The fourth-order valence-corrected chi connectivity index (χ4v) is 9.12. The van der Waals surface area contributed by atoms with Gasteiger partial charge in [-0.3, -0.25) is 14.9 Å². The van der Waals surface area contributed by atoms with Crippen LogP contribution in [0.1, 0.15) is 18.4 Å². The zero-order valence-corrected chi connectivity index (χ0v) is 28.2. The molecule has 2 aromatic heterocycles. The second-order valence-corrected chi connectivity index (χ2v) is 14.1. The summed E-state index contributed by atoms with van der Waals surface area (Å²) >= 11 is 1.76. The van der Waals surface area contributed by atoms with Crippen molar-refractivity contribution in [3.8, 4) is 10.4 Å². The van der Waals surface area contributed by atoms with E-state index in [0.717, 1.165) is 61.9 Å². The fourth-order valence-electron chi connectivity index (χ4n) is 8.07. The fraction of sp³-hybridized carbons (Fsp3) is 0.0455. The molecule has 0 N–H and O–H groups in total. The van der Waals surface area contributed by atoms with Gasteiger partial charge in [-0.1, -0.05) is 78.9 Å². The molecule has 0 fully saturated rings. The van der Waals surface area contributed by atoms with Crippen molar-refractivity contribution in [3.05, 3.63) is 145 Å². The normalized spacial score (nSPS) is 14.9. The Morgan fingerprint density at radius 3 is 1.80 bits per heavy atom. The molecule has 0 saturated heterocycles. The van der Waals surface area contributed by atoms with Gasteiger partial charge in [0.2, 0.25) is 0 Å². The monoisotopic (exact) mass is 672 g/mol. The van der Waals surface area contributed by atoms with Gasteiger partial charge >= 0.3 is 0 Å². The Labute approximate surface area is 297 Å². The van der Waals surface area contributed by atoms with E-state index in [0.29, 0.717) is 0 Å². The molecular formula is C44H28N6S. The van der Waals surface area contributed by atoms with E-state index < -0.39 is 0 Å². The van der Waals surface area contributed by atoms with Crippen LogP contribution in [0.3, 0.4) is 0 Å². The van der Waals surface area contributed by atoms with Crippen LogP contribution in [0.5, 0.6) is 0 Å². The third kappa shape index (κ3) is 4.28. The number of aliphatic imine (C=N–C) groups is 2. The number of nitrogens with zero attached hydrogens (tertiary/aromatic N) is 6. The molecule has 0 amide bonds. The number of fused-ring (bicyclic) bond motifs is 2. The van der Waals surface area contributed by atoms with Crippen LogP contribution in [0.15, 0.2) is 149 Å². The van der Waals surface area contributed by atoms with Crippen LogP contribution in [0.25, 0.3) is 59.4 Å². The highest BCUT2D eigenvalue weighted by molar-refractivity contribution is 7.19. The SMILES string of the molecule is C1=Nc2cccc3cccc(c23)N1C1=CC=C(c2c3ccccc3c(-c3ccc(N4C=Nc5cccc6cccc4c56)s3)c3nccnc23)CC1. The van der Waals surface area contributed by atoms with E-state index in [9.17, 15) is 0 Å². The lowest BCUT2D eigenvalue weighted by atomic mass is 9.88. The molecular weight excluding hydrogens is 645 g/mol. The molecule has 7 heteroatoms. The minimum absolute atomic E-state index is 0.882. The van der Waals surface area contributed by atoms with E-state index in [1.165, 1.54) is 49.3 Å². The van der Waals surface area contributed by atoms with Gasteiger partial charge in [-0.25, -0.2) is 9.98 Å². The largest absolute Gasteiger partial charge is 0.304 e. The molecule has 0 unspecified atom stereocenters. The molecule has 0 bridgehead atoms. The molecule has 1 aliphatic carbocycles. The van der Waals surface area contributed by atoms with Crippen molar-refractivity contribution in [1.29, 1.82) is 0 Å². The van der Waals surface area contributed by atoms with Gasteiger partial charge < -0.3 is 4.90 Å². The number of anilines is 3. The Kier molecular flexibility index (Phi) is 6.15. The van der Waals surface area contributed by atoms with E-state index in [1.807, 2.05) is 25.1 Å². The van der Waals surface area contributed by atoms with Crippen LogP contribution in [-0.4, -0.2) is 22.6 Å². The third-order valence-electron chi connectivity index (χ3n) is 10.3. The summed E-state index contributed by atoms with van der Waals surface area (Å²) < 4.78 is 0. The first-order valence-corrected chi connectivity index (χ1v) is 18.0. The van der Waals surface area contributed by atoms with Gasteiger partial charge in [-0.2, -0.15) is 0 Å². The van der Waals surface area contributed by atoms with E-state index in [1.54, 1.807) is 11.3 Å². The number of benzene rings is 6. The minimum Gasteiger partial charge on any atom is -0.304 e. The Balaban J connectivity index is 1.03. The zero-order valence-electron chi connectivity index (χ0n) is 27.4. The maximum atomic E-state index is 5.02. The highest BCUT2D eigenvalue weighted by Crippen LogP contribution is 2.48. The Hall–Kier alpha value is -6.44. The maximum absolute atomic E-state index is 5.02. The van der Waals surface area contributed by atoms with Gasteiger partial charge in [0.25, 0.3) is 0 Å². The second-order valence-electron chi connectivity index (χ2n) is 13.1. The topological polar surface area (TPSA) is 57.0 Å². The molecule has 0 spiro atoms. The van der Waals surface area contributed by atoms with Crippen LogP contribution in [0.2, 0.25) is 0 Å². The summed E-state index contributed by atoms with van der Waals surface area (Å²) in [4.78, 5) is 25.3. The Morgan fingerprint density at radius 2 is 1.14 bits per heavy atom. The molecule has 8 aromatic rings. The molecule has 51 heavy (non-hydrogen) atoms. The lowest BCUT2D eigenvalue weighted by Gasteiger charge is -2.29. The van der Waals surface area contributed by atoms with E-state index in [4.69, 9.17) is 20.0 Å². The summed E-state index contributed by atoms with van der Waals surface area (Å²) in [6.07, 6.45) is 13.8. The van der Waals surface area contributed by atoms with Crippen molar-refractivity contribution in [3.63, 3.8) is 0 Å². The standard InChI is InChI=1S/C44H28N6S/c1-2-12-32-31(11-1)39(29-17-19-30(20-18-29)49-25-47-33-13-3-7-27-9-5-15-35(49)40(27)33)43-44(46-24-23-45-43)42(32)37-21-22-38(51-37)50-26-48-34-14-4-8-28-10-6-16-36(50)41(28)34/h1-17,19,21-26H,18,20H2. The predicted molar refractivity (Wildman–Crippen MR) is 214 cm³/mol.